The fourth-order valence-corrected chi connectivity index (χ4v) is 1.41. The van der Waals surface area contributed by atoms with E-state index in [0.29, 0.717) is 18.1 Å². The minimum Gasteiger partial charge on any atom is -0.390 e. The second-order valence-electron chi connectivity index (χ2n) is 3.93. The van der Waals surface area contributed by atoms with Gasteiger partial charge in [0.2, 0.25) is 0 Å². The van der Waals surface area contributed by atoms with Gasteiger partial charge in [-0.1, -0.05) is 0 Å². The van der Waals surface area contributed by atoms with E-state index in [-0.39, 0.29) is 6.61 Å². The van der Waals surface area contributed by atoms with Crippen molar-refractivity contribution in [2.75, 3.05) is 6.61 Å². The largest absolute Gasteiger partial charge is 0.390 e. The predicted octanol–water partition coefficient (Wildman–Crippen LogP) is 1.55. The van der Waals surface area contributed by atoms with Crippen LogP contribution in [0, 0.1) is 6.92 Å². The Morgan fingerprint density at radius 3 is 2.60 bits per heavy atom. The van der Waals surface area contributed by atoms with Gasteiger partial charge in [0, 0.05) is 12.3 Å². The van der Waals surface area contributed by atoms with Gasteiger partial charge in [-0.25, -0.2) is 9.97 Å². The van der Waals surface area contributed by atoms with Gasteiger partial charge in [0.1, 0.15) is 5.60 Å². The summed E-state index contributed by atoms with van der Waals surface area (Å²) in [5.74, 6) is 0.619. The summed E-state index contributed by atoms with van der Waals surface area (Å²) in [6.07, 6.45) is 0. The Morgan fingerprint density at radius 2 is 2.07 bits per heavy atom. The number of aryl methyl sites for hydroxylation is 1. The van der Waals surface area contributed by atoms with Crippen LogP contribution in [-0.4, -0.2) is 21.7 Å². The van der Waals surface area contributed by atoms with E-state index in [9.17, 15) is 0 Å². The van der Waals surface area contributed by atoms with E-state index < -0.39 is 5.60 Å². The number of nitrogens with zero attached hydrogens (tertiary/aromatic N) is 2. The summed E-state index contributed by atoms with van der Waals surface area (Å²) in [5.41, 5.74) is 0.965. The topological polar surface area (TPSA) is 55.2 Å². The van der Waals surface area contributed by atoms with Gasteiger partial charge in [0.15, 0.2) is 5.82 Å². The van der Waals surface area contributed by atoms with Gasteiger partial charge < -0.3 is 9.84 Å². The highest BCUT2D eigenvalue weighted by molar-refractivity contribution is 5.12. The predicted molar refractivity (Wildman–Crippen MR) is 57.3 cm³/mol. The fourth-order valence-electron chi connectivity index (χ4n) is 1.41. The summed E-state index contributed by atoms with van der Waals surface area (Å²) < 4.78 is 5.56. The Morgan fingerprint density at radius 1 is 1.40 bits per heavy atom. The van der Waals surface area contributed by atoms with Crippen LogP contribution in [0.2, 0.25) is 0 Å². The van der Waals surface area contributed by atoms with E-state index >= 15 is 0 Å². The lowest BCUT2D eigenvalue weighted by Gasteiger charge is -2.23. The Balaban J connectivity index is 3.07. The maximum Gasteiger partial charge on any atom is 0.160 e. The van der Waals surface area contributed by atoms with E-state index in [2.05, 4.69) is 9.97 Å². The fraction of sp³-hybridized carbons (Fsp3) is 0.636. The molecule has 0 atom stereocenters. The highest BCUT2D eigenvalue weighted by atomic mass is 16.5. The number of aliphatic hydroxyl groups excluding tert-OH is 1. The van der Waals surface area contributed by atoms with Crippen molar-refractivity contribution >= 4 is 0 Å². The summed E-state index contributed by atoms with van der Waals surface area (Å²) in [4.78, 5) is 8.58. The number of hydrogen-bond donors (Lipinski definition) is 1. The molecule has 0 spiro atoms. The van der Waals surface area contributed by atoms with Crippen molar-refractivity contribution in [2.24, 2.45) is 0 Å². The maximum absolute atomic E-state index is 9.05. The molecule has 0 aliphatic rings. The van der Waals surface area contributed by atoms with Crippen LogP contribution in [0.15, 0.2) is 6.07 Å². The summed E-state index contributed by atoms with van der Waals surface area (Å²) in [5, 5.41) is 9.05. The summed E-state index contributed by atoms with van der Waals surface area (Å²) in [6.45, 7) is 8.20. The van der Waals surface area contributed by atoms with Gasteiger partial charge in [0.25, 0.3) is 0 Å². The molecule has 15 heavy (non-hydrogen) atoms. The van der Waals surface area contributed by atoms with Crippen molar-refractivity contribution in [3.8, 4) is 0 Å². The van der Waals surface area contributed by atoms with Crippen LogP contribution in [0.25, 0.3) is 0 Å². The number of aromatic nitrogens is 2. The second kappa shape index (κ2) is 4.68. The minimum absolute atomic E-state index is 0.0709. The van der Waals surface area contributed by atoms with Crippen molar-refractivity contribution < 1.29 is 9.84 Å². The Bertz CT molecular complexity index is 337. The van der Waals surface area contributed by atoms with E-state index in [4.69, 9.17) is 9.84 Å². The normalized spacial score (nSPS) is 11.8. The molecule has 0 bridgehead atoms. The maximum atomic E-state index is 9.05. The van der Waals surface area contributed by atoms with Crippen molar-refractivity contribution in [3.63, 3.8) is 0 Å². The first-order valence-electron chi connectivity index (χ1n) is 5.09. The highest BCUT2D eigenvalue weighted by Gasteiger charge is 2.24. The third-order valence-electron chi connectivity index (χ3n) is 2.11. The van der Waals surface area contributed by atoms with Gasteiger partial charge in [-0.15, -0.1) is 0 Å². The third kappa shape index (κ3) is 2.97. The molecule has 1 heterocycles. The van der Waals surface area contributed by atoms with Crippen LogP contribution in [0.4, 0.5) is 0 Å². The average Bonchev–Trinajstić information content (AvgIpc) is 2.16. The van der Waals surface area contributed by atoms with Crippen LogP contribution >= 0.6 is 0 Å². The van der Waals surface area contributed by atoms with Crippen LogP contribution in [0.5, 0.6) is 0 Å². The smallest absolute Gasteiger partial charge is 0.160 e. The lowest BCUT2D eigenvalue weighted by Crippen LogP contribution is -2.25. The van der Waals surface area contributed by atoms with E-state index in [1.165, 1.54) is 0 Å². The Kier molecular flexibility index (Phi) is 3.77. The van der Waals surface area contributed by atoms with Crippen LogP contribution in [0.3, 0.4) is 0 Å². The standard InChI is InChI=1S/C11H18N2O2/c1-5-15-11(3,4)10-12-8(2)6-9(7-14)13-10/h6,14H,5,7H2,1-4H3. The number of rotatable bonds is 4. The van der Waals surface area contributed by atoms with Crippen molar-refractivity contribution in [1.82, 2.24) is 9.97 Å². The molecule has 0 fully saturated rings. The summed E-state index contributed by atoms with van der Waals surface area (Å²) >= 11 is 0. The number of hydrogen-bond acceptors (Lipinski definition) is 4. The first-order chi connectivity index (χ1) is 6.99. The molecular weight excluding hydrogens is 192 g/mol. The first kappa shape index (κ1) is 12.1. The van der Waals surface area contributed by atoms with Gasteiger partial charge >= 0.3 is 0 Å². The first-order valence-corrected chi connectivity index (χ1v) is 5.09. The van der Waals surface area contributed by atoms with Gasteiger partial charge in [-0.2, -0.15) is 0 Å². The molecule has 0 saturated heterocycles. The second-order valence-corrected chi connectivity index (χ2v) is 3.93. The Hall–Kier alpha value is -1.00. The molecule has 0 radical (unpaired) electrons. The average molecular weight is 210 g/mol. The van der Waals surface area contributed by atoms with Crippen molar-refractivity contribution in [2.45, 2.75) is 39.9 Å². The number of ether oxygens (including phenoxy) is 1. The van der Waals surface area contributed by atoms with E-state index in [0.717, 1.165) is 5.69 Å². The summed E-state index contributed by atoms with van der Waals surface area (Å²) in [6, 6.07) is 1.77. The molecule has 0 aromatic carbocycles. The lowest BCUT2D eigenvalue weighted by atomic mass is 10.1. The Labute approximate surface area is 90.3 Å². The quantitative estimate of drug-likeness (QED) is 0.819. The van der Waals surface area contributed by atoms with Crippen LogP contribution < -0.4 is 0 Å². The van der Waals surface area contributed by atoms with Gasteiger partial charge in [-0.3, -0.25) is 0 Å². The SMILES string of the molecule is CCOC(C)(C)c1nc(C)cc(CO)n1. The molecule has 4 nitrogen and oxygen atoms in total. The van der Waals surface area contributed by atoms with Gasteiger partial charge in [0.05, 0.1) is 12.3 Å². The molecule has 4 heteroatoms. The molecule has 0 aliphatic heterocycles. The zero-order valence-corrected chi connectivity index (χ0v) is 9.74. The van der Waals surface area contributed by atoms with Crippen molar-refractivity contribution in [3.05, 3.63) is 23.3 Å². The molecule has 84 valence electrons. The van der Waals surface area contributed by atoms with Crippen LogP contribution in [0.1, 0.15) is 38.0 Å². The zero-order valence-electron chi connectivity index (χ0n) is 9.74. The van der Waals surface area contributed by atoms with E-state index in [1.807, 2.05) is 27.7 Å². The molecule has 1 N–H and O–H groups in total. The van der Waals surface area contributed by atoms with Gasteiger partial charge in [-0.05, 0) is 33.8 Å². The highest BCUT2D eigenvalue weighted by Crippen LogP contribution is 2.21. The molecule has 0 amide bonds. The summed E-state index contributed by atoms with van der Waals surface area (Å²) in [7, 11) is 0. The lowest BCUT2D eigenvalue weighted by molar-refractivity contribution is -0.0212. The molecule has 0 saturated carbocycles. The number of aliphatic hydroxyl groups is 1. The molecular formula is C11H18N2O2. The monoisotopic (exact) mass is 210 g/mol. The van der Waals surface area contributed by atoms with Crippen molar-refractivity contribution in [1.29, 1.82) is 0 Å². The minimum atomic E-state index is -0.509. The van der Waals surface area contributed by atoms with E-state index in [1.54, 1.807) is 6.07 Å². The molecule has 1 rings (SSSR count). The van der Waals surface area contributed by atoms with Crippen LogP contribution in [-0.2, 0) is 16.9 Å². The molecule has 0 unspecified atom stereocenters. The molecule has 1 aromatic rings. The molecule has 1 aromatic heterocycles. The third-order valence-corrected chi connectivity index (χ3v) is 2.11. The molecule has 0 aliphatic carbocycles. The zero-order chi connectivity index (χ0) is 11.5.